The number of carbonyl (C=O) groups is 1. The van der Waals surface area contributed by atoms with Gasteiger partial charge in [0, 0.05) is 41.3 Å². The van der Waals surface area contributed by atoms with E-state index in [4.69, 9.17) is 19.7 Å². The van der Waals surface area contributed by atoms with Gasteiger partial charge in [-0.1, -0.05) is 13.8 Å². The number of aryl methyl sites for hydroxylation is 4. The summed E-state index contributed by atoms with van der Waals surface area (Å²) in [5.41, 5.74) is 6.70. The van der Waals surface area contributed by atoms with E-state index < -0.39 is 5.41 Å². The second kappa shape index (κ2) is 8.65. The van der Waals surface area contributed by atoms with Crippen LogP contribution < -0.4 is 4.90 Å². The van der Waals surface area contributed by atoms with Gasteiger partial charge in [0.1, 0.15) is 0 Å². The lowest BCUT2D eigenvalue weighted by Gasteiger charge is -2.24. The number of aromatic nitrogens is 7. The molecule has 3 aromatic heterocycles. The van der Waals surface area contributed by atoms with Crippen molar-refractivity contribution >= 4 is 17.7 Å². The van der Waals surface area contributed by atoms with Gasteiger partial charge in [0.2, 0.25) is 0 Å². The number of rotatable bonds is 4. The standard InChI is InChI=1S/C27H30N8O2/c1-15-11-17(3)34(31-15)25-28-23(29-26(30-25)35-18(4)12-16(2)32-35)14-22-27(5,6)20-13-19(24(36)37-8)9-10-21(20)33(22)7/h9-14H,1-8H3/b22-14-. The highest BCUT2D eigenvalue weighted by Crippen LogP contribution is 2.47. The summed E-state index contributed by atoms with van der Waals surface area (Å²) in [6.45, 7) is 12.0. The Labute approximate surface area is 215 Å². The molecule has 0 saturated carbocycles. The molecule has 0 spiro atoms. The summed E-state index contributed by atoms with van der Waals surface area (Å²) < 4.78 is 8.37. The molecule has 10 nitrogen and oxygen atoms in total. The van der Waals surface area contributed by atoms with Gasteiger partial charge in [-0.2, -0.15) is 25.1 Å². The van der Waals surface area contributed by atoms with Crippen molar-refractivity contribution in [2.24, 2.45) is 0 Å². The lowest BCUT2D eigenvalue weighted by Crippen LogP contribution is -2.23. The number of methoxy groups -OCH3 is 1. The van der Waals surface area contributed by atoms with Crippen LogP contribution >= 0.6 is 0 Å². The Kier molecular flexibility index (Phi) is 5.69. The lowest BCUT2D eigenvalue weighted by molar-refractivity contribution is 0.0600. The molecule has 0 bridgehead atoms. The molecule has 0 fully saturated rings. The van der Waals surface area contributed by atoms with E-state index in [0.717, 1.165) is 39.7 Å². The molecule has 190 valence electrons. The highest BCUT2D eigenvalue weighted by Gasteiger charge is 2.39. The van der Waals surface area contributed by atoms with E-state index in [1.165, 1.54) is 7.11 Å². The number of ether oxygens (including phenoxy) is 1. The fourth-order valence-corrected chi connectivity index (χ4v) is 4.95. The molecule has 1 aliphatic rings. The summed E-state index contributed by atoms with van der Waals surface area (Å²) >= 11 is 0. The van der Waals surface area contributed by atoms with Gasteiger partial charge in [0.05, 0.1) is 24.1 Å². The molecule has 0 amide bonds. The molecule has 0 aliphatic carbocycles. The van der Waals surface area contributed by atoms with E-state index in [-0.39, 0.29) is 5.97 Å². The van der Waals surface area contributed by atoms with Crippen LogP contribution in [0, 0.1) is 27.7 Å². The van der Waals surface area contributed by atoms with Crippen molar-refractivity contribution in [1.82, 2.24) is 34.5 Å². The first kappa shape index (κ1) is 24.4. The minimum atomic E-state index is -0.419. The number of hydrogen-bond acceptors (Lipinski definition) is 8. The second-order valence-corrected chi connectivity index (χ2v) is 9.91. The van der Waals surface area contributed by atoms with E-state index in [9.17, 15) is 4.79 Å². The number of benzene rings is 1. The molecule has 0 unspecified atom stereocenters. The van der Waals surface area contributed by atoms with Crippen LogP contribution in [-0.4, -0.2) is 54.6 Å². The number of hydrogen-bond donors (Lipinski definition) is 0. The van der Waals surface area contributed by atoms with Crippen molar-refractivity contribution in [2.45, 2.75) is 47.0 Å². The van der Waals surface area contributed by atoms with Crippen LogP contribution in [0.5, 0.6) is 0 Å². The fourth-order valence-electron chi connectivity index (χ4n) is 4.95. The van der Waals surface area contributed by atoms with Crippen LogP contribution in [0.15, 0.2) is 36.0 Å². The number of anilines is 1. The predicted molar refractivity (Wildman–Crippen MR) is 140 cm³/mol. The van der Waals surface area contributed by atoms with Crippen molar-refractivity contribution < 1.29 is 9.53 Å². The van der Waals surface area contributed by atoms with Crippen LogP contribution in [-0.2, 0) is 10.2 Å². The molecular weight excluding hydrogens is 468 g/mol. The summed E-state index contributed by atoms with van der Waals surface area (Å²) in [5, 5.41) is 9.17. The van der Waals surface area contributed by atoms with Crippen LogP contribution in [0.4, 0.5) is 5.69 Å². The molecule has 0 radical (unpaired) electrons. The van der Waals surface area contributed by atoms with E-state index >= 15 is 0 Å². The number of allylic oxidation sites excluding steroid dienone is 1. The number of carbonyl (C=O) groups excluding carboxylic acids is 1. The molecule has 5 rings (SSSR count). The first-order valence-electron chi connectivity index (χ1n) is 12.0. The van der Waals surface area contributed by atoms with Gasteiger partial charge >= 0.3 is 5.97 Å². The number of likely N-dealkylation sites (N-methyl/N-ethyl adjacent to an activating group) is 1. The Morgan fingerprint density at radius 2 is 1.46 bits per heavy atom. The second-order valence-electron chi connectivity index (χ2n) is 9.91. The molecule has 4 aromatic rings. The minimum Gasteiger partial charge on any atom is -0.465 e. The van der Waals surface area contributed by atoms with E-state index in [1.54, 1.807) is 15.4 Å². The largest absolute Gasteiger partial charge is 0.465 e. The van der Waals surface area contributed by atoms with Gasteiger partial charge in [-0.15, -0.1) is 0 Å². The molecular formula is C27H30N8O2. The average Bonchev–Trinajstić information content (AvgIpc) is 3.44. The Morgan fingerprint density at radius 3 is 1.95 bits per heavy atom. The van der Waals surface area contributed by atoms with Crippen LogP contribution in [0.3, 0.4) is 0 Å². The van der Waals surface area contributed by atoms with E-state index in [1.807, 2.05) is 65.1 Å². The summed E-state index contributed by atoms with van der Waals surface area (Å²) in [4.78, 5) is 28.6. The van der Waals surface area contributed by atoms with Crippen molar-refractivity contribution in [1.29, 1.82) is 0 Å². The Hall–Kier alpha value is -4.34. The zero-order chi connectivity index (χ0) is 26.6. The number of fused-ring (bicyclic) bond motifs is 1. The highest BCUT2D eigenvalue weighted by atomic mass is 16.5. The molecule has 0 saturated heterocycles. The molecule has 0 N–H and O–H groups in total. The van der Waals surface area contributed by atoms with Crippen LogP contribution in [0.1, 0.15) is 58.4 Å². The quantitative estimate of drug-likeness (QED) is 0.389. The minimum absolute atomic E-state index is 0.361. The molecule has 1 aromatic carbocycles. The van der Waals surface area contributed by atoms with Gasteiger partial charge in [-0.05, 0) is 63.6 Å². The summed E-state index contributed by atoms with van der Waals surface area (Å²) in [7, 11) is 3.39. The molecule has 0 atom stereocenters. The first-order chi connectivity index (χ1) is 17.5. The molecule has 1 aliphatic heterocycles. The summed E-state index contributed by atoms with van der Waals surface area (Å²) in [5.74, 6) is 0.953. The van der Waals surface area contributed by atoms with Crippen molar-refractivity contribution in [3.05, 3.63) is 75.8 Å². The summed E-state index contributed by atoms with van der Waals surface area (Å²) in [6.07, 6.45) is 1.96. The fraction of sp³-hybridized carbons (Fsp3) is 0.333. The van der Waals surface area contributed by atoms with E-state index in [2.05, 4.69) is 28.9 Å². The normalized spacial score (nSPS) is 15.4. The number of nitrogens with zero attached hydrogens (tertiary/aromatic N) is 8. The monoisotopic (exact) mass is 498 g/mol. The van der Waals surface area contributed by atoms with Crippen molar-refractivity contribution in [3.63, 3.8) is 0 Å². The number of esters is 1. The first-order valence-corrected chi connectivity index (χ1v) is 12.0. The molecule has 10 heteroatoms. The van der Waals surface area contributed by atoms with Gasteiger partial charge in [-0.3, -0.25) is 0 Å². The maximum Gasteiger partial charge on any atom is 0.337 e. The summed E-state index contributed by atoms with van der Waals surface area (Å²) in [6, 6.07) is 9.59. The van der Waals surface area contributed by atoms with Crippen molar-refractivity contribution in [3.8, 4) is 11.9 Å². The van der Waals surface area contributed by atoms with Gasteiger partial charge in [0.25, 0.3) is 11.9 Å². The Bertz CT molecular complexity index is 1510. The van der Waals surface area contributed by atoms with Crippen LogP contribution in [0.2, 0.25) is 0 Å². The maximum absolute atomic E-state index is 12.2. The lowest BCUT2D eigenvalue weighted by atomic mass is 9.83. The molecule has 37 heavy (non-hydrogen) atoms. The highest BCUT2D eigenvalue weighted by molar-refractivity contribution is 5.91. The smallest absolute Gasteiger partial charge is 0.337 e. The maximum atomic E-state index is 12.2. The predicted octanol–water partition coefficient (Wildman–Crippen LogP) is 4.03. The molecule has 4 heterocycles. The third kappa shape index (κ3) is 4.08. The Morgan fingerprint density at radius 1 is 0.892 bits per heavy atom. The van der Waals surface area contributed by atoms with Gasteiger partial charge in [-0.25, -0.2) is 14.2 Å². The van der Waals surface area contributed by atoms with E-state index in [0.29, 0.717) is 23.3 Å². The van der Waals surface area contributed by atoms with Gasteiger partial charge in [0.15, 0.2) is 5.82 Å². The Balaban J connectivity index is 1.68. The zero-order valence-corrected chi connectivity index (χ0v) is 22.4. The topological polar surface area (TPSA) is 104 Å². The SMILES string of the molecule is COC(=O)c1ccc2c(c1)C(C)(C)/C(=C/c1nc(-n3nc(C)cc3C)nc(-n3nc(C)cc3C)n1)N2C. The zero-order valence-electron chi connectivity index (χ0n) is 22.4. The van der Waals surface area contributed by atoms with Crippen molar-refractivity contribution in [2.75, 3.05) is 19.1 Å². The third-order valence-electron chi connectivity index (χ3n) is 6.75. The van der Waals surface area contributed by atoms with Crippen LogP contribution in [0.25, 0.3) is 18.0 Å². The average molecular weight is 499 g/mol. The third-order valence-corrected chi connectivity index (χ3v) is 6.75. The van der Waals surface area contributed by atoms with Gasteiger partial charge < -0.3 is 9.64 Å².